The van der Waals surface area contributed by atoms with Crippen molar-refractivity contribution in [1.82, 2.24) is 10.6 Å². The van der Waals surface area contributed by atoms with Crippen LogP contribution in [0, 0.1) is 0 Å². The summed E-state index contributed by atoms with van der Waals surface area (Å²) >= 11 is 0. The summed E-state index contributed by atoms with van der Waals surface area (Å²) in [6, 6.07) is 14.4. The summed E-state index contributed by atoms with van der Waals surface area (Å²) in [5, 5.41) is 8.32. The van der Waals surface area contributed by atoms with E-state index >= 15 is 0 Å². The predicted molar refractivity (Wildman–Crippen MR) is 74.3 cm³/mol. The Labute approximate surface area is 107 Å². The zero-order chi connectivity index (χ0) is 12.8. The van der Waals surface area contributed by atoms with Gasteiger partial charge in [0, 0.05) is 19.5 Å². The average molecular weight is 242 g/mol. The summed E-state index contributed by atoms with van der Waals surface area (Å²) in [6.45, 7) is 1.30. The average Bonchev–Trinajstić information content (AvgIpc) is 2.42. The molecule has 0 fully saturated rings. The molecule has 0 radical (unpaired) electrons. The van der Waals surface area contributed by atoms with Gasteiger partial charge in [-0.05, 0) is 23.4 Å². The maximum atomic E-state index is 11.6. The van der Waals surface area contributed by atoms with Crippen LogP contribution in [0.15, 0.2) is 42.5 Å². The number of amides is 1. The maximum absolute atomic E-state index is 11.6. The molecular formula is C15H18N2O. The minimum Gasteiger partial charge on any atom is -0.352 e. The molecule has 0 spiro atoms. The first-order valence-electron chi connectivity index (χ1n) is 6.19. The van der Waals surface area contributed by atoms with Crippen molar-refractivity contribution in [3.8, 4) is 0 Å². The van der Waals surface area contributed by atoms with Crippen LogP contribution in [0.25, 0.3) is 10.8 Å². The van der Waals surface area contributed by atoms with Gasteiger partial charge in [0.05, 0.1) is 0 Å². The van der Waals surface area contributed by atoms with Gasteiger partial charge in [-0.15, -0.1) is 0 Å². The van der Waals surface area contributed by atoms with E-state index in [4.69, 9.17) is 0 Å². The van der Waals surface area contributed by atoms with Crippen molar-refractivity contribution in [2.75, 3.05) is 13.6 Å². The number of rotatable bonds is 5. The molecule has 2 aromatic carbocycles. The van der Waals surface area contributed by atoms with Gasteiger partial charge in [0.15, 0.2) is 0 Å². The van der Waals surface area contributed by atoms with Crippen LogP contribution >= 0.6 is 0 Å². The normalized spacial score (nSPS) is 10.5. The smallest absolute Gasteiger partial charge is 0.221 e. The Bertz CT molecular complexity index is 532. The lowest BCUT2D eigenvalue weighted by molar-refractivity contribution is -0.121. The van der Waals surface area contributed by atoms with Crippen LogP contribution in [-0.4, -0.2) is 19.5 Å². The van der Waals surface area contributed by atoms with E-state index in [9.17, 15) is 4.79 Å². The second-order valence-corrected chi connectivity index (χ2v) is 4.27. The number of benzene rings is 2. The molecule has 0 atom stereocenters. The fourth-order valence-corrected chi connectivity index (χ4v) is 1.97. The van der Waals surface area contributed by atoms with Gasteiger partial charge in [-0.25, -0.2) is 0 Å². The van der Waals surface area contributed by atoms with Gasteiger partial charge in [0.1, 0.15) is 0 Å². The van der Waals surface area contributed by atoms with E-state index in [2.05, 4.69) is 34.9 Å². The topological polar surface area (TPSA) is 41.1 Å². The van der Waals surface area contributed by atoms with Gasteiger partial charge in [0.25, 0.3) is 0 Å². The van der Waals surface area contributed by atoms with E-state index in [1.165, 1.54) is 10.8 Å². The standard InChI is InChI=1S/C15H18N2O/c1-16-10-9-15(18)17-11-13-7-4-6-12-5-2-3-8-14(12)13/h2-8,16H,9-11H2,1H3,(H,17,18). The third-order valence-electron chi connectivity index (χ3n) is 2.96. The SMILES string of the molecule is CNCCC(=O)NCc1cccc2ccccc12. The van der Waals surface area contributed by atoms with Gasteiger partial charge < -0.3 is 10.6 Å². The second kappa shape index (κ2) is 6.17. The van der Waals surface area contributed by atoms with Gasteiger partial charge in [-0.2, -0.15) is 0 Å². The van der Waals surface area contributed by atoms with E-state index in [0.717, 1.165) is 5.56 Å². The number of carbonyl (C=O) groups excluding carboxylic acids is 1. The highest BCUT2D eigenvalue weighted by Gasteiger charge is 2.03. The Hall–Kier alpha value is -1.87. The van der Waals surface area contributed by atoms with E-state index in [-0.39, 0.29) is 5.91 Å². The van der Waals surface area contributed by atoms with E-state index in [0.29, 0.717) is 19.5 Å². The summed E-state index contributed by atoms with van der Waals surface area (Å²) < 4.78 is 0. The Balaban J connectivity index is 2.05. The molecule has 2 rings (SSSR count). The molecule has 0 aromatic heterocycles. The minimum atomic E-state index is 0.0808. The summed E-state index contributed by atoms with van der Waals surface area (Å²) in [5.74, 6) is 0.0808. The lowest BCUT2D eigenvalue weighted by Gasteiger charge is -2.08. The zero-order valence-corrected chi connectivity index (χ0v) is 10.6. The molecule has 0 aliphatic carbocycles. The van der Waals surface area contributed by atoms with Crippen molar-refractivity contribution in [3.05, 3.63) is 48.0 Å². The molecule has 94 valence electrons. The Kier molecular flexibility index (Phi) is 4.31. The first-order valence-corrected chi connectivity index (χ1v) is 6.19. The number of hydrogen-bond donors (Lipinski definition) is 2. The number of nitrogens with one attached hydrogen (secondary N) is 2. The van der Waals surface area contributed by atoms with Gasteiger partial charge in [-0.1, -0.05) is 42.5 Å². The monoisotopic (exact) mass is 242 g/mol. The van der Waals surface area contributed by atoms with Crippen LogP contribution in [-0.2, 0) is 11.3 Å². The number of hydrogen-bond acceptors (Lipinski definition) is 2. The maximum Gasteiger partial charge on any atom is 0.221 e. The van der Waals surface area contributed by atoms with Crippen LogP contribution in [0.2, 0.25) is 0 Å². The van der Waals surface area contributed by atoms with Crippen molar-refractivity contribution in [3.63, 3.8) is 0 Å². The third kappa shape index (κ3) is 3.08. The number of carbonyl (C=O) groups is 1. The fraction of sp³-hybridized carbons (Fsp3) is 0.267. The molecule has 3 heteroatoms. The molecule has 0 aliphatic heterocycles. The Morgan fingerprint density at radius 3 is 2.72 bits per heavy atom. The molecule has 18 heavy (non-hydrogen) atoms. The molecular weight excluding hydrogens is 224 g/mol. The van der Waals surface area contributed by atoms with Crippen LogP contribution in [0.4, 0.5) is 0 Å². The first-order chi connectivity index (χ1) is 8.81. The summed E-state index contributed by atoms with van der Waals surface area (Å²) in [4.78, 5) is 11.6. The van der Waals surface area contributed by atoms with Crippen molar-refractivity contribution in [1.29, 1.82) is 0 Å². The summed E-state index contributed by atoms with van der Waals surface area (Å²) in [7, 11) is 1.85. The van der Waals surface area contributed by atoms with Crippen molar-refractivity contribution in [2.45, 2.75) is 13.0 Å². The van der Waals surface area contributed by atoms with E-state index in [1.54, 1.807) is 0 Å². The molecule has 2 N–H and O–H groups in total. The van der Waals surface area contributed by atoms with Gasteiger partial charge >= 0.3 is 0 Å². The molecule has 2 aromatic rings. The third-order valence-corrected chi connectivity index (χ3v) is 2.96. The number of fused-ring (bicyclic) bond motifs is 1. The van der Waals surface area contributed by atoms with E-state index < -0.39 is 0 Å². The second-order valence-electron chi connectivity index (χ2n) is 4.27. The van der Waals surface area contributed by atoms with Crippen molar-refractivity contribution >= 4 is 16.7 Å². The van der Waals surface area contributed by atoms with Crippen LogP contribution in [0.5, 0.6) is 0 Å². The van der Waals surface area contributed by atoms with Gasteiger partial charge in [-0.3, -0.25) is 4.79 Å². The molecule has 0 saturated heterocycles. The fourth-order valence-electron chi connectivity index (χ4n) is 1.97. The molecule has 0 aliphatic rings. The lowest BCUT2D eigenvalue weighted by atomic mass is 10.0. The molecule has 0 bridgehead atoms. The quantitative estimate of drug-likeness (QED) is 0.842. The Morgan fingerprint density at radius 1 is 1.11 bits per heavy atom. The minimum absolute atomic E-state index is 0.0808. The Morgan fingerprint density at radius 2 is 1.89 bits per heavy atom. The molecule has 0 heterocycles. The molecule has 0 saturated carbocycles. The lowest BCUT2D eigenvalue weighted by Crippen LogP contribution is -2.26. The van der Waals surface area contributed by atoms with Crippen molar-refractivity contribution in [2.24, 2.45) is 0 Å². The molecule has 0 unspecified atom stereocenters. The van der Waals surface area contributed by atoms with Crippen LogP contribution in [0.3, 0.4) is 0 Å². The zero-order valence-electron chi connectivity index (χ0n) is 10.6. The largest absolute Gasteiger partial charge is 0.352 e. The van der Waals surface area contributed by atoms with Crippen LogP contribution < -0.4 is 10.6 Å². The highest BCUT2D eigenvalue weighted by molar-refractivity contribution is 5.86. The van der Waals surface area contributed by atoms with Gasteiger partial charge in [0.2, 0.25) is 5.91 Å². The summed E-state index contributed by atoms with van der Waals surface area (Å²) in [6.07, 6.45) is 0.515. The first kappa shape index (κ1) is 12.6. The summed E-state index contributed by atoms with van der Waals surface area (Å²) in [5.41, 5.74) is 1.16. The highest BCUT2D eigenvalue weighted by Crippen LogP contribution is 2.18. The molecule has 1 amide bonds. The van der Waals surface area contributed by atoms with Crippen LogP contribution in [0.1, 0.15) is 12.0 Å². The highest BCUT2D eigenvalue weighted by atomic mass is 16.1. The van der Waals surface area contributed by atoms with E-state index in [1.807, 2.05) is 25.2 Å². The van der Waals surface area contributed by atoms with Crippen molar-refractivity contribution < 1.29 is 4.79 Å². The molecule has 3 nitrogen and oxygen atoms in total. The predicted octanol–water partition coefficient (Wildman–Crippen LogP) is 2.07.